The highest BCUT2D eigenvalue weighted by molar-refractivity contribution is 7.99. The van der Waals surface area contributed by atoms with E-state index in [1.54, 1.807) is 17.4 Å². The first kappa shape index (κ1) is 14.0. The number of aromatic nitrogens is 3. The molecule has 21 heavy (non-hydrogen) atoms. The van der Waals surface area contributed by atoms with Gasteiger partial charge in [0, 0.05) is 16.5 Å². The van der Waals surface area contributed by atoms with Crippen molar-refractivity contribution in [3.63, 3.8) is 0 Å². The fourth-order valence-electron chi connectivity index (χ4n) is 1.84. The number of hydrogen-bond donors (Lipinski definition) is 1. The average Bonchev–Trinajstić information content (AvgIpc) is 2.92. The zero-order valence-corrected chi connectivity index (χ0v) is 12.7. The molecule has 3 heterocycles. The lowest BCUT2D eigenvalue weighted by Gasteiger charge is -2.02. The van der Waals surface area contributed by atoms with Crippen LogP contribution < -0.4 is 0 Å². The van der Waals surface area contributed by atoms with Gasteiger partial charge in [-0.25, -0.2) is 19.7 Å². The SMILES string of the molecule is CCc1cc2c(Sc3cc(C(=O)O)ccn3)ncnc2s1. The number of carboxylic acids is 1. The Labute approximate surface area is 129 Å². The third-order valence-corrected chi connectivity index (χ3v) is 5.01. The monoisotopic (exact) mass is 317 g/mol. The fraction of sp³-hybridized carbons (Fsp3) is 0.143. The Morgan fingerprint density at radius 3 is 2.95 bits per heavy atom. The summed E-state index contributed by atoms with van der Waals surface area (Å²) in [6, 6.07) is 5.11. The molecule has 0 atom stereocenters. The van der Waals surface area contributed by atoms with Gasteiger partial charge in [0.05, 0.1) is 5.56 Å². The van der Waals surface area contributed by atoms with Crippen LogP contribution in [0.25, 0.3) is 10.2 Å². The summed E-state index contributed by atoms with van der Waals surface area (Å²) in [5.74, 6) is -0.962. The standard InChI is InChI=1S/C14H11N3O2S2/c1-2-9-6-10-12(20-9)16-7-17-13(10)21-11-5-8(14(18)19)3-4-15-11/h3-7H,2H2,1H3,(H,18,19). The Bertz CT molecular complexity index is 817. The minimum atomic E-state index is -0.962. The number of fused-ring (bicyclic) bond motifs is 1. The molecule has 106 valence electrons. The number of aryl methyl sites for hydroxylation is 1. The normalized spacial score (nSPS) is 10.9. The molecule has 0 aliphatic rings. The van der Waals surface area contributed by atoms with Gasteiger partial charge < -0.3 is 5.11 Å². The first-order valence-corrected chi connectivity index (χ1v) is 7.91. The van der Waals surface area contributed by atoms with E-state index in [0.717, 1.165) is 21.7 Å². The summed E-state index contributed by atoms with van der Waals surface area (Å²) in [5.41, 5.74) is 0.220. The van der Waals surface area contributed by atoms with E-state index in [-0.39, 0.29) is 5.56 Å². The largest absolute Gasteiger partial charge is 0.478 e. The number of thiophene rings is 1. The fourth-order valence-corrected chi connectivity index (χ4v) is 3.70. The van der Waals surface area contributed by atoms with Crippen LogP contribution in [0.3, 0.4) is 0 Å². The van der Waals surface area contributed by atoms with E-state index >= 15 is 0 Å². The smallest absolute Gasteiger partial charge is 0.335 e. The molecular weight excluding hydrogens is 306 g/mol. The van der Waals surface area contributed by atoms with Gasteiger partial charge in [-0.05, 0) is 36.4 Å². The van der Waals surface area contributed by atoms with E-state index < -0.39 is 5.97 Å². The zero-order valence-electron chi connectivity index (χ0n) is 11.1. The lowest BCUT2D eigenvalue weighted by Crippen LogP contribution is -1.96. The van der Waals surface area contributed by atoms with Crippen LogP contribution in [-0.2, 0) is 6.42 Å². The molecule has 0 aliphatic heterocycles. The summed E-state index contributed by atoms with van der Waals surface area (Å²) < 4.78 is 0. The molecule has 3 rings (SSSR count). The second-order valence-corrected chi connectivity index (χ2v) is 6.38. The summed E-state index contributed by atoms with van der Waals surface area (Å²) in [4.78, 5) is 26.0. The van der Waals surface area contributed by atoms with Gasteiger partial charge in [0.15, 0.2) is 0 Å². The van der Waals surface area contributed by atoms with Gasteiger partial charge in [0.1, 0.15) is 21.2 Å². The van der Waals surface area contributed by atoms with Crippen LogP contribution in [0.15, 0.2) is 40.8 Å². The van der Waals surface area contributed by atoms with Crippen molar-refractivity contribution in [1.82, 2.24) is 15.0 Å². The van der Waals surface area contributed by atoms with Crippen molar-refractivity contribution < 1.29 is 9.90 Å². The van der Waals surface area contributed by atoms with Crippen molar-refractivity contribution in [2.75, 3.05) is 0 Å². The highest BCUT2D eigenvalue weighted by atomic mass is 32.2. The molecule has 3 aromatic heterocycles. The van der Waals surface area contributed by atoms with E-state index in [9.17, 15) is 4.79 Å². The topological polar surface area (TPSA) is 76.0 Å². The van der Waals surface area contributed by atoms with E-state index in [1.165, 1.54) is 35.2 Å². The highest BCUT2D eigenvalue weighted by Crippen LogP contribution is 2.34. The van der Waals surface area contributed by atoms with Gasteiger partial charge in [-0.3, -0.25) is 0 Å². The molecule has 3 aromatic rings. The van der Waals surface area contributed by atoms with Gasteiger partial charge in [0.2, 0.25) is 0 Å². The molecule has 0 spiro atoms. The molecular formula is C14H11N3O2S2. The third kappa shape index (κ3) is 2.88. The maximum atomic E-state index is 11.0. The molecule has 0 unspecified atom stereocenters. The molecule has 0 fully saturated rings. The van der Waals surface area contributed by atoms with Crippen molar-refractivity contribution in [1.29, 1.82) is 0 Å². The quantitative estimate of drug-likeness (QED) is 0.742. The van der Waals surface area contributed by atoms with Crippen molar-refractivity contribution in [2.45, 2.75) is 23.4 Å². The Hall–Kier alpha value is -1.99. The zero-order chi connectivity index (χ0) is 14.8. The molecule has 7 heteroatoms. The third-order valence-electron chi connectivity index (χ3n) is 2.88. The van der Waals surface area contributed by atoms with Gasteiger partial charge in [-0.1, -0.05) is 6.92 Å². The lowest BCUT2D eigenvalue weighted by atomic mass is 10.3. The minimum absolute atomic E-state index is 0.220. The van der Waals surface area contributed by atoms with E-state index in [4.69, 9.17) is 5.11 Å². The van der Waals surface area contributed by atoms with Crippen molar-refractivity contribution in [3.05, 3.63) is 41.2 Å². The van der Waals surface area contributed by atoms with E-state index in [2.05, 4.69) is 27.9 Å². The summed E-state index contributed by atoms with van der Waals surface area (Å²) in [6.45, 7) is 2.10. The van der Waals surface area contributed by atoms with Gasteiger partial charge in [-0.15, -0.1) is 11.3 Å². The number of rotatable bonds is 4. The van der Waals surface area contributed by atoms with Crippen LogP contribution in [0.1, 0.15) is 22.2 Å². The summed E-state index contributed by atoms with van der Waals surface area (Å²) in [5, 5.41) is 11.4. The number of hydrogen-bond acceptors (Lipinski definition) is 6. The van der Waals surface area contributed by atoms with Crippen molar-refractivity contribution in [3.8, 4) is 0 Å². The van der Waals surface area contributed by atoms with Crippen molar-refractivity contribution >= 4 is 39.3 Å². The number of aromatic carboxylic acids is 1. The van der Waals surface area contributed by atoms with Crippen molar-refractivity contribution in [2.24, 2.45) is 0 Å². The van der Waals surface area contributed by atoms with Crippen LogP contribution in [0.4, 0.5) is 0 Å². The molecule has 5 nitrogen and oxygen atoms in total. The van der Waals surface area contributed by atoms with Crippen LogP contribution in [0.2, 0.25) is 0 Å². The minimum Gasteiger partial charge on any atom is -0.478 e. The number of pyridine rings is 1. The Balaban J connectivity index is 1.99. The Kier molecular flexibility index (Phi) is 3.85. The molecule has 0 bridgehead atoms. The number of carbonyl (C=O) groups is 1. The molecule has 0 saturated carbocycles. The Morgan fingerprint density at radius 2 is 2.19 bits per heavy atom. The summed E-state index contributed by atoms with van der Waals surface area (Å²) >= 11 is 3.00. The van der Waals surface area contributed by atoms with E-state index in [1.807, 2.05) is 0 Å². The summed E-state index contributed by atoms with van der Waals surface area (Å²) in [7, 11) is 0. The Morgan fingerprint density at radius 1 is 1.33 bits per heavy atom. The highest BCUT2D eigenvalue weighted by Gasteiger charge is 2.11. The molecule has 0 amide bonds. The second kappa shape index (κ2) is 5.79. The second-order valence-electron chi connectivity index (χ2n) is 4.25. The van der Waals surface area contributed by atoms with Crippen LogP contribution in [0.5, 0.6) is 0 Å². The molecule has 0 radical (unpaired) electrons. The predicted octanol–water partition coefficient (Wildman–Crippen LogP) is 3.50. The average molecular weight is 317 g/mol. The lowest BCUT2D eigenvalue weighted by molar-refractivity contribution is 0.0696. The van der Waals surface area contributed by atoms with Crippen LogP contribution in [-0.4, -0.2) is 26.0 Å². The molecule has 0 saturated heterocycles. The maximum Gasteiger partial charge on any atom is 0.335 e. The molecule has 0 aromatic carbocycles. The van der Waals surface area contributed by atoms with Gasteiger partial charge >= 0.3 is 5.97 Å². The summed E-state index contributed by atoms with van der Waals surface area (Å²) in [6.07, 6.45) is 3.98. The maximum absolute atomic E-state index is 11.0. The predicted molar refractivity (Wildman–Crippen MR) is 82.1 cm³/mol. The van der Waals surface area contributed by atoms with Gasteiger partial charge in [-0.2, -0.15) is 0 Å². The number of nitrogens with zero attached hydrogens (tertiary/aromatic N) is 3. The van der Waals surface area contributed by atoms with E-state index in [0.29, 0.717) is 5.03 Å². The van der Waals surface area contributed by atoms with Crippen LogP contribution >= 0.6 is 23.1 Å². The number of carboxylic acid groups (broad SMARTS) is 1. The first-order chi connectivity index (χ1) is 10.2. The van der Waals surface area contributed by atoms with Gasteiger partial charge in [0.25, 0.3) is 0 Å². The molecule has 1 N–H and O–H groups in total. The first-order valence-electron chi connectivity index (χ1n) is 6.28. The molecule has 0 aliphatic carbocycles. The van der Waals surface area contributed by atoms with Crippen LogP contribution in [0, 0.1) is 0 Å².